The highest BCUT2D eigenvalue weighted by Crippen LogP contribution is 2.15. The minimum Gasteiger partial charge on any atom is -0.496 e. The number of nitrogens with zero attached hydrogens (tertiary/aromatic N) is 1. The second-order valence-electron chi connectivity index (χ2n) is 5.14. The second kappa shape index (κ2) is 7.83. The van der Waals surface area contributed by atoms with Gasteiger partial charge in [0.1, 0.15) is 5.75 Å². The van der Waals surface area contributed by atoms with Gasteiger partial charge in [0.2, 0.25) is 5.91 Å². The largest absolute Gasteiger partial charge is 0.496 e. The number of carbonyl (C=O) groups is 1. The summed E-state index contributed by atoms with van der Waals surface area (Å²) in [6.07, 6.45) is 0.218. The summed E-state index contributed by atoms with van der Waals surface area (Å²) < 4.78 is 6.65. The van der Waals surface area contributed by atoms with Crippen molar-refractivity contribution < 1.29 is 9.53 Å². The number of hydrogen-bond acceptors (Lipinski definition) is 3. The van der Waals surface area contributed by atoms with Crippen molar-refractivity contribution in [2.45, 2.75) is 19.9 Å². The van der Waals surface area contributed by atoms with Crippen molar-refractivity contribution in [3.63, 3.8) is 0 Å². The maximum Gasteiger partial charge on any atom is 0.254 e. The number of carbonyl (C=O) groups excluding carboxylic acids is 1. The minimum atomic E-state index is -0.151. The Kier molecular flexibility index (Phi) is 5.82. The van der Waals surface area contributed by atoms with Crippen molar-refractivity contribution in [2.75, 3.05) is 13.7 Å². The van der Waals surface area contributed by atoms with Gasteiger partial charge in [0.25, 0.3) is 5.56 Å². The molecule has 0 fully saturated rings. The average molecular weight is 335 g/mol. The molecular weight excluding hydrogens is 316 g/mol. The number of nitrogens with one attached hydrogen (secondary N) is 1. The van der Waals surface area contributed by atoms with E-state index in [0.29, 0.717) is 23.9 Å². The van der Waals surface area contributed by atoms with E-state index in [1.165, 1.54) is 13.2 Å². The topological polar surface area (TPSA) is 60.3 Å². The number of aryl methyl sites for hydroxylation is 1. The van der Waals surface area contributed by atoms with Gasteiger partial charge in [0, 0.05) is 29.9 Å². The molecule has 23 heavy (non-hydrogen) atoms. The van der Waals surface area contributed by atoms with E-state index in [0.717, 1.165) is 11.3 Å². The van der Waals surface area contributed by atoms with Gasteiger partial charge in [-0.3, -0.25) is 9.59 Å². The van der Waals surface area contributed by atoms with Crippen molar-refractivity contribution in [1.82, 2.24) is 9.88 Å². The summed E-state index contributed by atoms with van der Waals surface area (Å²) >= 11 is 6.03. The zero-order valence-electron chi connectivity index (χ0n) is 13.1. The number of aromatic nitrogens is 1. The fourth-order valence-electron chi connectivity index (χ4n) is 2.29. The monoisotopic (exact) mass is 334 g/mol. The van der Waals surface area contributed by atoms with Gasteiger partial charge in [-0.1, -0.05) is 29.8 Å². The Morgan fingerprint density at radius 3 is 2.70 bits per heavy atom. The molecule has 1 amide bonds. The fraction of sp³-hybridized carbons (Fsp3) is 0.294. The molecule has 0 spiro atoms. The standard InChI is InChI=1S/C17H19ClN2O3/c1-12-9-14(23-2)11-17(22)20(12)8-7-19-16(21)10-13-5-3-4-6-15(13)18/h3-6,9,11H,7-8,10H2,1-2H3,(H,19,21). The van der Waals surface area contributed by atoms with Gasteiger partial charge in [-0.15, -0.1) is 0 Å². The number of benzene rings is 1. The third kappa shape index (κ3) is 4.60. The number of amides is 1. The molecule has 0 saturated carbocycles. The SMILES string of the molecule is COc1cc(C)n(CCNC(=O)Cc2ccccc2Cl)c(=O)c1. The van der Waals surface area contributed by atoms with E-state index in [2.05, 4.69) is 5.32 Å². The van der Waals surface area contributed by atoms with E-state index in [4.69, 9.17) is 16.3 Å². The predicted octanol–water partition coefficient (Wildman–Crippen LogP) is 2.18. The Labute approximate surface area is 139 Å². The molecule has 1 heterocycles. The number of halogens is 1. The van der Waals surface area contributed by atoms with E-state index < -0.39 is 0 Å². The molecule has 0 aliphatic heterocycles. The highest BCUT2D eigenvalue weighted by atomic mass is 35.5. The first kappa shape index (κ1) is 17.1. The van der Waals surface area contributed by atoms with Crippen LogP contribution in [0.3, 0.4) is 0 Å². The third-order valence-corrected chi connectivity index (χ3v) is 3.88. The summed E-state index contributed by atoms with van der Waals surface area (Å²) in [5, 5.41) is 3.38. The van der Waals surface area contributed by atoms with E-state index in [9.17, 15) is 9.59 Å². The quantitative estimate of drug-likeness (QED) is 0.880. The van der Waals surface area contributed by atoms with Crippen LogP contribution in [-0.2, 0) is 17.8 Å². The molecule has 2 rings (SSSR count). The van der Waals surface area contributed by atoms with Gasteiger partial charge in [-0.2, -0.15) is 0 Å². The second-order valence-corrected chi connectivity index (χ2v) is 5.55. The lowest BCUT2D eigenvalue weighted by Crippen LogP contribution is -2.32. The maximum atomic E-state index is 12.0. The number of pyridine rings is 1. The van der Waals surface area contributed by atoms with Crippen LogP contribution in [0.2, 0.25) is 5.02 Å². The average Bonchev–Trinajstić information content (AvgIpc) is 2.52. The van der Waals surface area contributed by atoms with Crippen molar-refractivity contribution in [1.29, 1.82) is 0 Å². The van der Waals surface area contributed by atoms with Crippen LogP contribution in [0.4, 0.5) is 0 Å². The first-order valence-corrected chi connectivity index (χ1v) is 7.64. The smallest absolute Gasteiger partial charge is 0.254 e. The highest BCUT2D eigenvalue weighted by molar-refractivity contribution is 6.31. The maximum absolute atomic E-state index is 12.0. The molecule has 0 unspecified atom stereocenters. The number of rotatable bonds is 6. The summed E-state index contributed by atoms with van der Waals surface area (Å²) in [4.78, 5) is 23.9. The van der Waals surface area contributed by atoms with Gasteiger partial charge in [0.15, 0.2) is 0 Å². The van der Waals surface area contributed by atoms with E-state index in [-0.39, 0.29) is 17.9 Å². The molecule has 6 heteroatoms. The molecule has 5 nitrogen and oxygen atoms in total. The predicted molar refractivity (Wildman–Crippen MR) is 90.2 cm³/mol. The van der Waals surface area contributed by atoms with Crippen LogP contribution in [0.5, 0.6) is 5.75 Å². The molecule has 1 aromatic heterocycles. The molecule has 122 valence electrons. The molecule has 2 aromatic rings. The van der Waals surface area contributed by atoms with Gasteiger partial charge in [-0.25, -0.2) is 0 Å². The Balaban J connectivity index is 1.91. The molecular formula is C17H19ClN2O3. The number of methoxy groups -OCH3 is 1. The van der Waals surface area contributed by atoms with E-state index >= 15 is 0 Å². The molecule has 1 aromatic carbocycles. The van der Waals surface area contributed by atoms with Gasteiger partial charge < -0.3 is 14.6 Å². The van der Waals surface area contributed by atoms with Crippen molar-refractivity contribution in [3.05, 3.63) is 63.0 Å². The highest BCUT2D eigenvalue weighted by Gasteiger charge is 2.07. The van der Waals surface area contributed by atoms with E-state index in [1.807, 2.05) is 25.1 Å². The lowest BCUT2D eigenvalue weighted by Gasteiger charge is -2.12. The molecule has 1 N–H and O–H groups in total. The fourth-order valence-corrected chi connectivity index (χ4v) is 2.49. The van der Waals surface area contributed by atoms with Gasteiger partial charge in [-0.05, 0) is 24.6 Å². The van der Waals surface area contributed by atoms with E-state index in [1.54, 1.807) is 16.7 Å². The van der Waals surface area contributed by atoms with Gasteiger partial charge >= 0.3 is 0 Å². The Hall–Kier alpha value is -2.27. The Morgan fingerprint density at radius 1 is 1.30 bits per heavy atom. The molecule has 0 aliphatic carbocycles. The van der Waals surface area contributed by atoms with Crippen LogP contribution in [0, 0.1) is 6.92 Å². The first-order chi connectivity index (χ1) is 11.0. The van der Waals surface area contributed by atoms with Gasteiger partial charge in [0.05, 0.1) is 13.5 Å². The Bertz CT molecular complexity index is 756. The lowest BCUT2D eigenvalue weighted by atomic mass is 10.1. The van der Waals surface area contributed by atoms with Crippen LogP contribution in [0.25, 0.3) is 0 Å². The first-order valence-electron chi connectivity index (χ1n) is 7.27. The van der Waals surface area contributed by atoms with Crippen LogP contribution in [-0.4, -0.2) is 24.1 Å². The summed E-state index contributed by atoms with van der Waals surface area (Å²) in [5.41, 5.74) is 1.42. The third-order valence-electron chi connectivity index (χ3n) is 3.51. The van der Waals surface area contributed by atoms with Crippen LogP contribution in [0.1, 0.15) is 11.3 Å². The van der Waals surface area contributed by atoms with Crippen LogP contribution in [0.15, 0.2) is 41.2 Å². The van der Waals surface area contributed by atoms with Crippen LogP contribution >= 0.6 is 11.6 Å². The summed E-state index contributed by atoms with van der Waals surface area (Å²) in [7, 11) is 1.52. The molecule has 0 saturated heterocycles. The summed E-state index contributed by atoms with van der Waals surface area (Å²) in [5.74, 6) is 0.406. The van der Waals surface area contributed by atoms with Crippen LogP contribution < -0.4 is 15.6 Å². The lowest BCUT2D eigenvalue weighted by molar-refractivity contribution is -0.120. The molecule has 0 radical (unpaired) electrons. The Morgan fingerprint density at radius 2 is 2.04 bits per heavy atom. The number of hydrogen-bond donors (Lipinski definition) is 1. The summed E-state index contributed by atoms with van der Waals surface area (Å²) in [6, 6.07) is 10.5. The number of ether oxygens (including phenoxy) is 1. The van der Waals surface area contributed by atoms with Crippen molar-refractivity contribution in [3.8, 4) is 5.75 Å². The van der Waals surface area contributed by atoms with Crippen molar-refractivity contribution in [2.24, 2.45) is 0 Å². The van der Waals surface area contributed by atoms with Crippen molar-refractivity contribution >= 4 is 17.5 Å². The zero-order valence-corrected chi connectivity index (χ0v) is 13.9. The normalized spacial score (nSPS) is 10.4. The molecule has 0 aliphatic rings. The minimum absolute atomic E-state index is 0.127. The molecule has 0 atom stereocenters. The zero-order chi connectivity index (χ0) is 16.8. The molecule has 0 bridgehead atoms. The summed E-state index contributed by atoms with van der Waals surface area (Å²) in [6.45, 7) is 2.61.